The highest BCUT2D eigenvalue weighted by Crippen LogP contribution is 2.37. The highest BCUT2D eigenvalue weighted by molar-refractivity contribution is 6.32. The van der Waals surface area contributed by atoms with Gasteiger partial charge in [-0.3, -0.25) is 19.7 Å². The second kappa shape index (κ2) is 10.5. The Morgan fingerprint density at radius 2 is 1.79 bits per heavy atom. The lowest BCUT2D eigenvalue weighted by Gasteiger charge is -2.15. The molecule has 2 aromatic rings. The molecule has 0 aromatic heterocycles. The number of carbonyl (C=O) groups is 2. The molecule has 0 radical (unpaired) electrons. The van der Waals surface area contributed by atoms with Gasteiger partial charge in [0.15, 0.2) is 6.10 Å². The number of hydrogen-bond acceptors (Lipinski definition) is 7. The predicted molar refractivity (Wildman–Crippen MR) is 109 cm³/mol. The Morgan fingerprint density at radius 3 is 2.33 bits per heavy atom. The van der Waals surface area contributed by atoms with Gasteiger partial charge in [-0.05, 0) is 45.0 Å². The summed E-state index contributed by atoms with van der Waals surface area (Å²) in [5.41, 5.74) is -0.119. The molecule has 0 aliphatic carbocycles. The average molecular weight is 491 g/mol. The summed E-state index contributed by atoms with van der Waals surface area (Å²) in [6.45, 7) is 4.52. The standard InChI is InChI=1S/C20H18ClF3N2O7/c1-10(2)33-25-18(27)11(3)31-19(28)14-9-13(5-6-16(14)26(29)30)32-17-7-4-12(8-15(17)21)20(22,23)24/h4-11H,1-3H3,(H,25,27). The maximum absolute atomic E-state index is 12.8. The monoisotopic (exact) mass is 490 g/mol. The van der Waals surface area contributed by atoms with E-state index >= 15 is 0 Å². The minimum atomic E-state index is -4.62. The van der Waals surface area contributed by atoms with Gasteiger partial charge in [-0.1, -0.05) is 11.6 Å². The largest absolute Gasteiger partial charge is 0.456 e. The zero-order chi connectivity index (χ0) is 24.9. The molecule has 0 saturated carbocycles. The van der Waals surface area contributed by atoms with Crippen molar-refractivity contribution in [2.24, 2.45) is 0 Å². The number of rotatable bonds is 8. The van der Waals surface area contributed by atoms with E-state index < -0.39 is 45.9 Å². The number of esters is 1. The van der Waals surface area contributed by atoms with Crippen molar-refractivity contribution >= 4 is 29.2 Å². The van der Waals surface area contributed by atoms with Crippen LogP contribution < -0.4 is 10.2 Å². The Labute approximate surface area is 190 Å². The molecule has 33 heavy (non-hydrogen) atoms. The number of hydrogen-bond donors (Lipinski definition) is 1. The van der Waals surface area contributed by atoms with E-state index in [9.17, 15) is 32.9 Å². The van der Waals surface area contributed by atoms with Gasteiger partial charge in [0, 0.05) is 12.1 Å². The van der Waals surface area contributed by atoms with Crippen LogP contribution in [0, 0.1) is 10.1 Å². The van der Waals surface area contributed by atoms with Gasteiger partial charge in [0.25, 0.3) is 11.6 Å². The first kappa shape index (κ1) is 25.9. The third kappa shape index (κ3) is 7.05. The lowest BCUT2D eigenvalue weighted by Crippen LogP contribution is -2.37. The van der Waals surface area contributed by atoms with Crippen LogP contribution >= 0.6 is 11.6 Å². The summed E-state index contributed by atoms with van der Waals surface area (Å²) in [6, 6.07) is 5.36. The molecule has 1 N–H and O–H groups in total. The number of benzene rings is 2. The smallest absolute Gasteiger partial charge is 0.416 e. The van der Waals surface area contributed by atoms with Crippen molar-refractivity contribution in [1.29, 1.82) is 0 Å². The molecule has 0 saturated heterocycles. The fraction of sp³-hybridized carbons (Fsp3) is 0.300. The van der Waals surface area contributed by atoms with Crippen molar-refractivity contribution in [1.82, 2.24) is 5.48 Å². The summed E-state index contributed by atoms with van der Waals surface area (Å²) in [4.78, 5) is 39.8. The van der Waals surface area contributed by atoms with E-state index in [0.29, 0.717) is 6.07 Å². The summed E-state index contributed by atoms with van der Waals surface area (Å²) in [5.74, 6) is -2.34. The summed E-state index contributed by atoms with van der Waals surface area (Å²) < 4.78 is 48.7. The van der Waals surface area contributed by atoms with E-state index in [0.717, 1.165) is 30.3 Å². The number of halogens is 4. The molecule has 1 atom stereocenters. The number of ether oxygens (including phenoxy) is 2. The van der Waals surface area contributed by atoms with Gasteiger partial charge in [-0.2, -0.15) is 13.2 Å². The van der Waals surface area contributed by atoms with Gasteiger partial charge in [0.2, 0.25) is 0 Å². The maximum atomic E-state index is 12.8. The molecule has 0 spiro atoms. The van der Waals surface area contributed by atoms with Gasteiger partial charge in [0.1, 0.15) is 17.1 Å². The number of hydroxylamine groups is 1. The second-order valence-corrected chi connectivity index (χ2v) is 7.27. The Balaban J connectivity index is 2.27. The normalized spacial score (nSPS) is 12.2. The molecule has 0 fully saturated rings. The van der Waals surface area contributed by atoms with Crippen LogP contribution in [0.5, 0.6) is 11.5 Å². The topological polar surface area (TPSA) is 117 Å². The van der Waals surface area contributed by atoms with Gasteiger partial charge in [-0.25, -0.2) is 10.3 Å². The van der Waals surface area contributed by atoms with E-state index in [-0.39, 0.29) is 22.6 Å². The average Bonchev–Trinajstić information content (AvgIpc) is 2.72. The molecular weight excluding hydrogens is 473 g/mol. The summed E-state index contributed by atoms with van der Waals surface area (Å²) in [6.07, 6.45) is -6.32. The first-order valence-electron chi connectivity index (χ1n) is 9.29. The Bertz CT molecular complexity index is 1060. The van der Waals surface area contributed by atoms with E-state index in [1.165, 1.54) is 6.92 Å². The van der Waals surface area contributed by atoms with Gasteiger partial charge >= 0.3 is 12.1 Å². The molecule has 1 amide bonds. The van der Waals surface area contributed by atoms with Crippen molar-refractivity contribution in [2.75, 3.05) is 0 Å². The number of carbonyl (C=O) groups excluding carboxylic acids is 2. The number of nitrogens with zero attached hydrogens (tertiary/aromatic N) is 1. The molecule has 13 heteroatoms. The molecule has 1 unspecified atom stereocenters. The van der Waals surface area contributed by atoms with E-state index in [4.69, 9.17) is 25.9 Å². The zero-order valence-corrected chi connectivity index (χ0v) is 18.2. The number of nitro groups is 1. The van der Waals surface area contributed by atoms with Crippen LogP contribution in [-0.4, -0.2) is 29.0 Å². The van der Waals surface area contributed by atoms with Crippen molar-refractivity contribution in [2.45, 2.75) is 39.2 Å². The fourth-order valence-corrected chi connectivity index (χ4v) is 2.54. The van der Waals surface area contributed by atoms with Crippen molar-refractivity contribution in [3.63, 3.8) is 0 Å². The van der Waals surface area contributed by atoms with Crippen LogP contribution in [0.3, 0.4) is 0 Å². The van der Waals surface area contributed by atoms with Crippen LogP contribution in [0.2, 0.25) is 5.02 Å². The summed E-state index contributed by atoms with van der Waals surface area (Å²) in [5, 5.41) is 10.9. The summed E-state index contributed by atoms with van der Waals surface area (Å²) in [7, 11) is 0. The number of alkyl halides is 3. The van der Waals surface area contributed by atoms with Crippen molar-refractivity contribution in [3.8, 4) is 11.5 Å². The minimum absolute atomic E-state index is 0.144. The SMILES string of the molecule is CC(C)ONC(=O)C(C)OC(=O)c1cc(Oc2ccc(C(F)(F)F)cc2Cl)ccc1[N+](=O)[O-]. The Kier molecular flexibility index (Phi) is 8.23. The number of nitrogens with one attached hydrogen (secondary N) is 1. The Morgan fingerprint density at radius 1 is 1.12 bits per heavy atom. The molecule has 0 aliphatic heterocycles. The Hall–Kier alpha value is -3.38. The molecule has 0 heterocycles. The third-order valence-electron chi connectivity index (χ3n) is 3.92. The van der Waals surface area contributed by atoms with Crippen LogP contribution in [0.25, 0.3) is 0 Å². The van der Waals surface area contributed by atoms with Gasteiger partial charge in [-0.15, -0.1) is 0 Å². The first-order chi connectivity index (χ1) is 15.3. The molecule has 178 valence electrons. The van der Waals surface area contributed by atoms with Crippen LogP contribution in [0.4, 0.5) is 18.9 Å². The molecular formula is C20H18ClF3N2O7. The highest BCUT2D eigenvalue weighted by Gasteiger charge is 2.31. The lowest BCUT2D eigenvalue weighted by molar-refractivity contribution is -0.385. The molecule has 0 aliphatic rings. The first-order valence-corrected chi connectivity index (χ1v) is 9.67. The van der Waals surface area contributed by atoms with E-state index in [1.807, 2.05) is 0 Å². The van der Waals surface area contributed by atoms with Crippen LogP contribution in [0.1, 0.15) is 36.7 Å². The molecule has 9 nitrogen and oxygen atoms in total. The zero-order valence-electron chi connectivity index (χ0n) is 17.4. The van der Waals surface area contributed by atoms with Crippen molar-refractivity contribution in [3.05, 3.63) is 62.7 Å². The van der Waals surface area contributed by atoms with Crippen molar-refractivity contribution < 1.29 is 42.0 Å². The molecule has 0 bridgehead atoms. The molecule has 2 rings (SSSR count). The maximum Gasteiger partial charge on any atom is 0.416 e. The summed E-state index contributed by atoms with van der Waals surface area (Å²) >= 11 is 5.84. The van der Waals surface area contributed by atoms with E-state index in [1.54, 1.807) is 13.8 Å². The van der Waals surface area contributed by atoms with Gasteiger partial charge < -0.3 is 9.47 Å². The molecule has 2 aromatic carbocycles. The quantitative estimate of drug-likeness (QED) is 0.312. The number of amides is 1. The minimum Gasteiger partial charge on any atom is -0.456 e. The highest BCUT2D eigenvalue weighted by atomic mass is 35.5. The van der Waals surface area contributed by atoms with Crippen LogP contribution in [-0.2, 0) is 20.5 Å². The third-order valence-corrected chi connectivity index (χ3v) is 4.22. The van der Waals surface area contributed by atoms with E-state index in [2.05, 4.69) is 5.48 Å². The second-order valence-electron chi connectivity index (χ2n) is 6.86. The number of nitro benzene ring substituents is 1. The van der Waals surface area contributed by atoms with Gasteiger partial charge in [0.05, 0.1) is 21.6 Å². The predicted octanol–water partition coefficient (Wildman–Crippen LogP) is 5.06. The lowest BCUT2D eigenvalue weighted by atomic mass is 10.1. The van der Waals surface area contributed by atoms with Crippen LogP contribution in [0.15, 0.2) is 36.4 Å². The fourth-order valence-electron chi connectivity index (χ4n) is 2.32.